The van der Waals surface area contributed by atoms with E-state index < -0.39 is 0 Å². The molecule has 2 aromatic rings. The lowest BCUT2D eigenvalue weighted by molar-refractivity contribution is 0.0749. The minimum atomic E-state index is 0.0309. The Morgan fingerprint density at radius 1 is 1.15 bits per heavy atom. The highest BCUT2D eigenvalue weighted by atomic mass is 16.2. The summed E-state index contributed by atoms with van der Waals surface area (Å²) in [6.45, 7) is 5.73. The summed E-state index contributed by atoms with van der Waals surface area (Å²) < 4.78 is 0. The van der Waals surface area contributed by atoms with Crippen LogP contribution >= 0.6 is 0 Å². The Kier molecular flexibility index (Phi) is 4.93. The zero-order chi connectivity index (χ0) is 14.4. The number of aromatic amines is 1. The number of rotatable bonds is 6. The molecule has 1 aromatic heterocycles. The molecule has 0 fully saturated rings. The van der Waals surface area contributed by atoms with Gasteiger partial charge in [0.05, 0.1) is 5.69 Å². The van der Waals surface area contributed by atoms with Crippen LogP contribution in [0.3, 0.4) is 0 Å². The number of hydrogen-bond donors (Lipinski definition) is 1. The molecule has 4 heteroatoms. The van der Waals surface area contributed by atoms with E-state index >= 15 is 0 Å². The maximum Gasteiger partial charge on any atom is 0.271 e. The fraction of sp³-hybridized carbons (Fsp3) is 0.375. The molecule has 0 aliphatic heterocycles. The Balaban J connectivity index is 2.17. The second-order valence-electron chi connectivity index (χ2n) is 4.83. The molecule has 0 aliphatic carbocycles. The molecule has 0 unspecified atom stereocenters. The molecule has 1 N–H and O–H groups in total. The summed E-state index contributed by atoms with van der Waals surface area (Å²) in [4.78, 5) is 14.3. The van der Waals surface area contributed by atoms with E-state index in [9.17, 15) is 4.79 Å². The van der Waals surface area contributed by atoms with E-state index in [1.165, 1.54) is 0 Å². The number of aromatic nitrogens is 2. The maximum absolute atomic E-state index is 12.4. The minimum Gasteiger partial charge on any atom is -0.337 e. The third-order valence-corrected chi connectivity index (χ3v) is 3.15. The van der Waals surface area contributed by atoms with Gasteiger partial charge in [0.15, 0.2) is 0 Å². The first-order valence-electron chi connectivity index (χ1n) is 7.16. The summed E-state index contributed by atoms with van der Waals surface area (Å²) in [7, 11) is 0. The number of nitrogens with one attached hydrogen (secondary N) is 1. The number of carbonyl (C=O) groups is 1. The third kappa shape index (κ3) is 3.26. The van der Waals surface area contributed by atoms with Gasteiger partial charge in [-0.1, -0.05) is 44.2 Å². The van der Waals surface area contributed by atoms with Gasteiger partial charge in [0.1, 0.15) is 5.69 Å². The monoisotopic (exact) mass is 271 g/mol. The lowest BCUT2D eigenvalue weighted by atomic mass is 10.1. The first kappa shape index (κ1) is 14.3. The van der Waals surface area contributed by atoms with Gasteiger partial charge < -0.3 is 4.90 Å². The fourth-order valence-corrected chi connectivity index (χ4v) is 2.21. The minimum absolute atomic E-state index is 0.0309. The molecule has 0 atom stereocenters. The van der Waals surface area contributed by atoms with E-state index in [-0.39, 0.29) is 5.91 Å². The lowest BCUT2D eigenvalue weighted by Crippen LogP contribution is -2.32. The van der Waals surface area contributed by atoms with Crippen LogP contribution in [-0.4, -0.2) is 34.1 Å². The van der Waals surface area contributed by atoms with Gasteiger partial charge in [-0.2, -0.15) is 5.10 Å². The molecule has 0 saturated heterocycles. The smallest absolute Gasteiger partial charge is 0.271 e. The summed E-state index contributed by atoms with van der Waals surface area (Å²) in [6, 6.07) is 11.7. The van der Waals surface area contributed by atoms with Crippen LogP contribution in [0.4, 0.5) is 0 Å². The standard InChI is InChI=1S/C16H21N3O/c1-3-10-19(11-4-2)16(20)15-12-14(17-18-15)13-8-6-5-7-9-13/h5-9,12H,3-4,10-11H2,1-2H3,(H,17,18). The lowest BCUT2D eigenvalue weighted by Gasteiger charge is -2.20. The van der Waals surface area contributed by atoms with E-state index in [2.05, 4.69) is 24.0 Å². The van der Waals surface area contributed by atoms with Crippen LogP contribution in [0, 0.1) is 0 Å². The quantitative estimate of drug-likeness (QED) is 0.876. The summed E-state index contributed by atoms with van der Waals surface area (Å²) in [5, 5.41) is 7.10. The summed E-state index contributed by atoms with van der Waals surface area (Å²) in [5.74, 6) is 0.0309. The van der Waals surface area contributed by atoms with Crippen molar-refractivity contribution in [3.8, 4) is 11.3 Å². The van der Waals surface area contributed by atoms with Crippen molar-refractivity contribution < 1.29 is 4.79 Å². The van der Waals surface area contributed by atoms with Gasteiger partial charge in [0.25, 0.3) is 5.91 Å². The predicted octanol–water partition coefficient (Wildman–Crippen LogP) is 3.34. The van der Waals surface area contributed by atoms with Gasteiger partial charge in [-0.25, -0.2) is 0 Å². The van der Waals surface area contributed by atoms with Gasteiger partial charge in [-0.3, -0.25) is 9.89 Å². The van der Waals surface area contributed by atoms with Crippen molar-refractivity contribution in [1.29, 1.82) is 0 Å². The normalized spacial score (nSPS) is 10.5. The number of benzene rings is 1. The summed E-state index contributed by atoms with van der Waals surface area (Å²) in [5.41, 5.74) is 2.38. The Hall–Kier alpha value is -2.10. The molecule has 2 rings (SSSR count). The van der Waals surface area contributed by atoms with E-state index in [0.29, 0.717) is 5.69 Å². The van der Waals surface area contributed by atoms with Gasteiger partial charge in [-0.15, -0.1) is 0 Å². The highest BCUT2D eigenvalue weighted by Gasteiger charge is 2.17. The SMILES string of the molecule is CCCN(CCC)C(=O)c1cc(-c2ccccc2)n[nH]1. The van der Waals surface area contributed by atoms with Crippen molar-refractivity contribution in [3.05, 3.63) is 42.1 Å². The third-order valence-electron chi connectivity index (χ3n) is 3.15. The second-order valence-corrected chi connectivity index (χ2v) is 4.83. The Morgan fingerprint density at radius 2 is 1.80 bits per heavy atom. The van der Waals surface area contributed by atoms with Gasteiger partial charge in [0, 0.05) is 18.7 Å². The largest absolute Gasteiger partial charge is 0.337 e. The van der Waals surface area contributed by atoms with Crippen LogP contribution < -0.4 is 0 Å². The van der Waals surface area contributed by atoms with E-state index in [0.717, 1.165) is 37.2 Å². The van der Waals surface area contributed by atoms with Crippen molar-refractivity contribution in [2.75, 3.05) is 13.1 Å². The van der Waals surface area contributed by atoms with Gasteiger partial charge >= 0.3 is 0 Å². The molecule has 4 nitrogen and oxygen atoms in total. The van der Waals surface area contributed by atoms with E-state index in [1.54, 1.807) is 0 Å². The predicted molar refractivity (Wildman–Crippen MR) is 80.5 cm³/mol. The van der Waals surface area contributed by atoms with Crippen molar-refractivity contribution in [3.63, 3.8) is 0 Å². The Bertz CT molecular complexity index is 542. The molecule has 0 saturated carbocycles. The molecule has 1 amide bonds. The number of nitrogens with zero attached hydrogens (tertiary/aromatic N) is 2. The van der Waals surface area contributed by atoms with E-state index in [1.807, 2.05) is 41.3 Å². The van der Waals surface area contributed by atoms with Crippen LogP contribution in [0.1, 0.15) is 37.2 Å². The Labute approximate surface area is 119 Å². The molecule has 1 heterocycles. The highest BCUT2D eigenvalue weighted by Crippen LogP contribution is 2.17. The molecule has 0 radical (unpaired) electrons. The fourth-order valence-electron chi connectivity index (χ4n) is 2.21. The maximum atomic E-state index is 12.4. The molecule has 0 spiro atoms. The molecular weight excluding hydrogens is 250 g/mol. The molecule has 0 bridgehead atoms. The first-order chi connectivity index (χ1) is 9.76. The number of amides is 1. The summed E-state index contributed by atoms with van der Waals surface area (Å²) >= 11 is 0. The molecular formula is C16H21N3O. The van der Waals surface area contributed by atoms with Crippen molar-refractivity contribution in [2.45, 2.75) is 26.7 Å². The first-order valence-corrected chi connectivity index (χ1v) is 7.16. The van der Waals surface area contributed by atoms with Crippen LogP contribution in [0.2, 0.25) is 0 Å². The van der Waals surface area contributed by atoms with E-state index in [4.69, 9.17) is 0 Å². The molecule has 20 heavy (non-hydrogen) atoms. The van der Waals surface area contributed by atoms with Crippen LogP contribution in [0.15, 0.2) is 36.4 Å². The van der Waals surface area contributed by atoms with Crippen LogP contribution in [-0.2, 0) is 0 Å². The number of hydrogen-bond acceptors (Lipinski definition) is 2. The van der Waals surface area contributed by atoms with Crippen molar-refractivity contribution in [1.82, 2.24) is 15.1 Å². The topological polar surface area (TPSA) is 49.0 Å². The number of H-pyrrole nitrogens is 1. The van der Waals surface area contributed by atoms with Crippen LogP contribution in [0.25, 0.3) is 11.3 Å². The average molecular weight is 271 g/mol. The summed E-state index contributed by atoms with van der Waals surface area (Å²) in [6.07, 6.45) is 1.93. The molecule has 106 valence electrons. The average Bonchev–Trinajstić information content (AvgIpc) is 2.97. The van der Waals surface area contributed by atoms with Gasteiger partial charge in [-0.05, 0) is 18.9 Å². The molecule has 0 aliphatic rings. The zero-order valence-corrected chi connectivity index (χ0v) is 12.1. The second kappa shape index (κ2) is 6.89. The zero-order valence-electron chi connectivity index (χ0n) is 12.1. The van der Waals surface area contributed by atoms with Crippen molar-refractivity contribution >= 4 is 5.91 Å². The molecule has 1 aromatic carbocycles. The van der Waals surface area contributed by atoms with Crippen molar-refractivity contribution in [2.24, 2.45) is 0 Å². The van der Waals surface area contributed by atoms with Crippen LogP contribution in [0.5, 0.6) is 0 Å². The van der Waals surface area contributed by atoms with Gasteiger partial charge in [0.2, 0.25) is 0 Å². The Morgan fingerprint density at radius 3 is 2.40 bits per heavy atom. The highest BCUT2D eigenvalue weighted by molar-refractivity contribution is 5.93. The number of carbonyl (C=O) groups excluding carboxylic acids is 1.